The van der Waals surface area contributed by atoms with Crippen LogP contribution < -0.4 is 5.32 Å². The fourth-order valence-electron chi connectivity index (χ4n) is 3.16. The molecule has 1 heterocycles. The molecule has 0 bridgehead atoms. The average Bonchev–Trinajstić information content (AvgIpc) is 2.73. The number of hydrogen-bond donors (Lipinski definition) is 1. The van der Waals surface area contributed by atoms with Crippen molar-refractivity contribution in [2.45, 2.75) is 32.4 Å². The second-order valence-electron chi connectivity index (χ2n) is 5.76. The molecule has 3 rings (SSSR count). The van der Waals surface area contributed by atoms with Gasteiger partial charge in [0.05, 0.1) is 0 Å². The maximum Gasteiger partial charge on any atom is 0.0240 e. The quantitative estimate of drug-likeness (QED) is 0.917. The summed E-state index contributed by atoms with van der Waals surface area (Å²) in [7, 11) is 0. The molecule has 1 saturated heterocycles. The fourth-order valence-corrected chi connectivity index (χ4v) is 3.16. The minimum Gasteiger partial charge on any atom is -0.313 e. The van der Waals surface area contributed by atoms with E-state index in [1.807, 2.05) is 0 Å². The Balaban J connectivity index is 1.76. The summed E-state index contributed by atoms with van der Waals surface area (Å²) < 4.78 is 0. The molecule has 1 aliphatic rings. The van der Waals surface area contributed by atoms with Crippen molar-refractivity contribution in [3.8, 4) is 0 Å². The minimum atomic E-state index is 0.701. The Kier molecular flexibility index (Phi) is 4.34. The normalized spacial score (nSPS) is 20.9. The van der Waals surface area contributed by atoms with Crippen molar-refractivity contribution in [3.05, 3.63) is 48.0 Å². The standard InChI is InChI=1S/C18H24N2/c1-2-17-10-12-20(13-11-19-17)14-16-8-5-7-15-6-3-4-9-18(15)16/h3-9,17,19H,2,10-14H2,1H3. The lowest BCUT2D eigenvalue weighted by molar-refractivity contribution is 0.283. The number of nitrogens with zero attached hydrogens (tertiary/aromatic N) is 1. The molecule has 1 atom stereocenters. The number of hydrogen-bond acceptors (Lipinski definition) is 2. The lowest BCUT2D eigenvalue weighted by Gasteiger charge is -2.20. The van der Waals surface area contributed by atoms with Gasteiger partial charge in [-0.2, -0.15) is 0 Å². The first kappa shape index (κ1) is 13.6. The molecule has 0 spiro atoms. The highest BCUT2D eigenvalue weighted by molar-refractivity contribution is 5.85. The van der Waals surface area contributed by atoms with Gasteiger partial charge >= 0.3 is 0 Å². The van der Waals surface area contributed by atoms with E-state index in [4.69, 9.17) is 0 Å². The molecule has 1 N–H and O–H groups in total. The molecule has 2 aromatic rings. The van der Waals surface area contributed by atoms with Crippen LogP contribution in [0, 0.1) is 0 Å². The van der Waals surface area contributed by atoms with Crippen LogP contribution in [0.3, 0.4) is 0 Å². The Morgan fingerprint density at radius 2 is 1.95 bits per heavy atom. The highest BCUT2D eigenvalue weighted by atomic mass is 15.2. The van der Waals surface area contributed by atoms with Gasteiger partial charge in [0.2, 0.25) is 0 Å². The molecule has 0 amide bonds. The van der Waals surface area contributed by atoms with Gasteiger partial charge in [0.1, 0.15) is 0 Å². The third kappa shape index (κ3) is 3.02. The van der Waals surface area contributed by atoms with E-state index in [9.17, 15) is 0 Å². The Bertz CT molecular complexity index is 559. The largest absolute Gasteiger partial charge is 0.313 e. The molecule has 106 valence electrons. The molecule has 20 heavy (non-hydrogen) atoms. The van der Waals surface area contributed by atoms with E-state index in [2.05, 4.69) is 59.6 Å². The molecular formula is C18H24N2. The van der Waals surface area contributed by atoms with Crippen LogP contribution in [0.5, 0.6) is 0 Å². The highest BCUT2D eigenvalue weighted by Crippen LogP contribution is 2.20. The molecule has 2 nitrogen and oxygen atoms in total. The van der Waals surface area contributed by atoms with Gasteiger partial charge in [-0.25, -0.2) is 0 Å². The smallest absolute Gasteiger partial charge is 0.0240 e. The van der Waals surface area contributed by atoms with Gasteiger partial charge in [-0.3, -0.25) is 4.90 Å². The highest BCUT2D eigenvalue weighted by Gasteiger charge is 2.15. The topological polar surface area (TPSA) is 15.3 Å². The van der Waals surface area contributed by atoms with Crippen LogP contribution in [0.2, 0.25) is 0 Å². The number of fused-ring (bicyclic) bond motifs is 1. The maximum absolute atomic E-state index is 3.64. The molecule has 1 unspecified atom stereocenters. The third-order valence-corrected chi connectivity index (χ3v) is 4.42. The molecule has 2 heteroatoms. The van der Waals surface area contributed by atoms with Gasteiger partial charge in [0.25, 0.3) is 0 Å². The van der Waals surface area contributed by atoms with Gasteiger partial charge in [0, 0.05) is 32.2 Å². The van der Waals surface area contributed by atoms with Crippen LogP contribution in [-0.4, -0.2) is 30.6 Å². The Morgan fingerprint density at radius 1 is 1.10 bits per heavy atom. The van der Waals surface area contributed by atoms with Crippen molar-refractivity contribution >= 4 is 10.8 Å². The van der Waals surface area contributed by atoms with Crippen LogP contribution in [0.1, 0.15) is 25.3 Å². The number of benzene rings is 2. The van der Waals surface area contributed by atoms with Crippen molar-refractivity contribution < 1.29 is 0 Å². The van der Waals surface area contributed by atoms with Crippen molar-refractivity contribution in [1.29, 1.82) is 0 Å². The first-order chi connectivity index (χ1) is 9.86. The lowest BCUT2D eigenvalue weighted by atomic mass is 10.0. The van der Waals surface area contributed by atoms with Crippen molar-refractivity contribution in [2.75, 3.05) is 19.6 Å². The molecule has 1 aliphatic heterocycles. The second kappa shape index (κ2) is 6.38. The molecule has 0 saturated carbocycles. The van der Waals surface area contributed by atoms with Crippen LogP contribution >= 0.6 is 0 Å². The van der Waals surface area contributed by atoms with Gasteiger partial charge in [-0.05, 0) is 29.2 Å². The molecule has 0 aliphatic carbocycles. The van der Waals surface area contributed by atoms with Gasteiger partial charge in [0.15, 0.2) is 0 Å². The van der Waals surface area contributed by atoms with Crippen molar-refractivity contribution in [1.82, 2.24) is 10.2 Å². The van der Waals surface area contributed by atoms with Crippen molar-refractivity contribution in [2.24, 2.45) is 0 Å². The van der Waals surface area contributed by atoms with E-state index in [-0.39, 0.29) is 0 Å². The summed E-state index contributed by atoms with van der Waals surface area (Å²) in [6.07, 6.45) is 2.50. The van der Waals surface area contributed by atoms with E-state index in [0.717, 1.165) is 19.6 Å². The minimum absolute atomic E-state index is 0.701. The summed E-state index contributed by atoms with van der Waals surface area (Å²) in [5.74, 6) is 0. The predicted octanol–water partition coefficient (Wildman–Crippen LogP) is 3.41. The molecular weight excluding hydrogens is 244 g/mol. The molecule has 2 aromatic carbocycles. The van der Waals surface area contributed by atoms with E-state index >= 15 is 0 Å². The van der Waals surface area contributed by atoms with E-state index in [1.54, 1.807) is 0 Å². The monoisotopic (exact) mass is 268 g/mol. The summed E-state index contributed by atoms with van der Waals surface area (Å²) in [6.45, 7) is 6.81. The van der Waals surface area contributed by atoms with Crippen molar-refractivity contribution in [3.63, 3.8) is 0 Å². The first-order valence-corrected chi connectivity index (χ1v) is 7.79. The van der Waals surface area contributed by atoms with Crippen LogP contribution in [0.4, 0.5) is 0 Å². The van der Waals surface area contributed by atoms with Gasteiger partial charge < -0.3 is 5.32 Å². The summed E-state index contributed by atoms with van der Waals surface area (Å²) in [5.41, 5.74) is 1.46. The Hall–Kier alpha value is -1.38. The maximum atomic E-state index is 3.64. The predicted molar refractivity (Wildman–Crippen MR) is 85.9 cm³/mol. The third-order valence-electron chi connectivity index (χ3n) is 4.42. The Labute approximate surface area is 121 Å². The second-order valence-corrected chi connectivity index (χ2v) is 5.76. The molecule has 0 aromatic heterocycles. The van der Waals surface area contributed by atoms with Crippen LogP contribution in [0.15, 0.2) is 42.5 Å². The average molecular weight is 268 g/mol. The van der Waals surface area contributed by atoms with E-state index in [1.165, 1.54) is 35.7 Å². The summed E-state index contributed by atoms with van der Waals surface area (Å²) >= 11 is 0. The van der Waals surface area contributed by atoms with E-state index in [0.29, 0.717) is 6.04 Å². The van der Waals surface area contributed by atoms with Crippen LogP contribution in [0.25, 0.3) is 10.8 Å². The summed E-state index contributed by atoms with van der Waals surface area (Å²) in [4.78, 5) is 2.59. The Morgan fingerprint density at radius 3 is 2.85 bits per heavy atom. The lowest BCUT2D eigenvalue weighted by Crippen LogP contribution is -2.29. The molecule has 0 radical (unpaired) electrons. The summed E-state index contributed by atoms with van der Waals surface area (Å²) in [6, 6.07) is 16.1. The SMILES string of the molecule is CCC1CCN(Cc2cccc3ccccc23)CCN1. The zero-order valence-electron chi connectivity index (χ0n) is 12.3. The van der Waals surface area contributed by atoms with Gasteiger partial charge in [-0.15, -0.1) is 0 Å². The van der Waals surface area contributed by atoms with Crippen LogP contribution in [-0.2, 0) is 6.54 Å². The molecule has 1 fully saturated rings. The zero-order valence-corrected chi connectivity index (χ0v) is 12.3. The number of nitrogens with one attached hydrogen (secondary N) is 1. The summed E-state index contributed by atoms with van der Waals surface area (Å²) in [5, 5.41) is 6.40. The number of rotatable bonds is 3. The first-order valence-electron chi connectivity index (χ1n) is 7.79. The van der Waals surface area contributed by atoms with Gasteiger partial charge in [-0.1, -0.05) is 49.4 Å². The fraction of sp³-hybridized carbons (Fsp3) is 0.444. The van der Waals surface area contributed by atoms with E-state index < -0.39 is 0 Å². The zero-order chi connectivity index (χ0) is 13.8.